The molecule has 0 spiro atoms. The molecular formula is C10H13FN4O. The van der Waals surface area contributed by atoms with E-state index in [0.29, 0.717) is 5.82 Å². The first-order valence-corrected chi connectivity index (χ1v) is 5.05. The van der Waals surface area contributed by atoms with Crippen LogP contribution in [0.1, 0.15) is 6.42 Å². The molecule has 0 saturated carbocycles. The fourth-order valence-electron chi connectivity index (χ4n) is 1.57. The summed E-state index contributed by atoms with van der Waals surface area (Å²) >= 11 is 0. The number of nitrogens with one attached hydrogen (secondary N) is 2. The van der Waals surface area contributed by atoms with Gasteiger partial charge in [0.05, 0.1) is 6.20 Å². The fourth-order valence-corrected chi connectivity index (χ4v) is 1.57. The maximum Gasteiger partial charge on any atom is 0.244 e. The lowest BCUT2D eigenvalue weighted by molar-refractivity contribution is -0.118. The van der Waals surface area contributed by atoms with Gasteiger partial charge in [0.2, 0.25) is 5.91 Å². The second-order valence-corrected chi connectivity index (χ2v) is 3.74. The van der Waals surface area contributed by atoms with Crippen molar-refractivity contribution in [2.24, 2.45) is 0 Å². The van der Waals surface area contributed by atoms with Crippen molar-refractivity contribution in [2.75, 3.05) is 18.9 Å². The van der Waals surface area contributed by atoms with Gasteiger partial charge in [0.25, 0.3) is 0 Å². The van der Waals surface area contributed by atoms with Gasteiger partial charge in [0, 0.05) is 13.6 Å². The maximum atomic E-state index is 12.6. The Kier molecular flexibility index (Phi) is 3.12. The smallest absolute Gasteiger partial charge is 0.244 e. The molecule has 1 fully saturated rings. The molecule has 6 heteroatoms. The summed E-state index contributed by atoms with van der Waals surface area (Å²) in [6.45, 7) is 0.828. The third-order valence-corrected chi connectivity index (χ3v) is 2.42. The van der Waals surface area contributed by atoms with E-state index in [0.717, 1.165) is 19.2 Å². The minimum Gasteiger partial charge on any atom is -0.309 e. The van der Waals surface area contributed by atoms with Crippen LogP contribution < -0.4 is 10.7 Å². The molecule has 1 unspecified atom stereocenters. The molecule has 1 aliphatic rings. The molecule has 0 bridgehead atoms. The zero-order valence-corrected chi connectivity index (χ0v) is 8.90. The Hall–Kier alpha value is -1.53. The second-order valence-electron chi connectivity index (χ2n) is 3.74. The molecule has 0 radical (unpaired) electrons. The van der Waals surface area contributed by atoms with Crippen molar-refractivity contribution in [1.82, 2.24) is 15.4 Å². The summed E-state index contributed by atoms with van der Waals surface area (Å²) in [7, 11) is 1.88. The summed E-state index contributed by atoms with van der Waals surface area (Å²) in [4.78, 5) is 15.5. The number of anilines is 1. The molecule has 5 nitrogen and oxygen atoms in total. The van der Waals surface area contributed by atoms with Crippen LogP contribution in [0.3, 0.4) is 0 Å². The van der Waals surface area contributed by atoms with Gasteiger partial charge in [-0.2, -0.15) is 0 Å². The first kappa shape index (κ1) is 11.0. The van der Waals surface area contributed by atoms with E-state index in [-0.39, 0.29) is 11.9 Å². The second kappa shape index (κ2) is 4.54. The average Bonchev–Trinajstić information content (AvgIpc) is 2.68. The van der Waals surface area contributed by atoms with Crippen LogP contribution in [0.2, 0.25) is 0 Å². The molecule has 1 aromatic rings. The number of rotatable bonds is 2. The SMILES string of the molecule is CN1CCC(C(=O)Nc2ccc(F)cn2)N1. The average molecular weight is 224 g/mol. The van der Waals surface area contributed by atoms with Crippen LogP contribution >= 0.6 is 0 Å². The van der Waals surface area contributed by atoms with E-state index in [2.05, 4.69) is 15.7 Å². The largest absolute Gasteiger partial charge is 0.309 e. The Morgan fingerprint density at radius 2 is 2.50 bits per heavy atom. The Bertz CT molecular complexity index is 381. The predicted octanol–water partition coefficient (Wildman–Crippen LogP) is 0.368. The maximum absolute atomic E-state index is 12.6. The van der Waals surface area contributed by atoms with Crippen LogP contribution in [0.15, 0.2) is 18.3 Å². The van der Waals surface area contributed by atoms with Gasteiger partial charge in [0.1, 0.15) is 17.7 Å². The minimum atomic E-state index is -0.420. The lowest BCUT2D eigenvalue weighted by Crippen LogP contribution is -2.40. The number of nitrogens with zero attached hydrogens (tertiary/aromatic N) is 2. The summed E-state index contributed by atoms with van der Waals surface area (Å²) in [5.41, 5.74) is 3.00. The van der Waals surface area contributed by atoms with Crippen molar-refractivity contribution >= 4 is 11.7 Å². The molecule has 1 aromatic heterocycles. The van der Waals surface area contributed by atoms with Crippen molar-refractivity contribution in [3.63, 3.8) is 0 Å². The molecule has 86 valence electrons. The van der Waals surface area contributed by atoms with Crippen molar-refractivity contribution in [2.45, 2.75) is 12.5 Å². The number of carbonyl (C=O) groups is 1. The minimum absolute atomic E-state index is 0.150. The topological polar surface area (TPSA) is 57.3 Å². The van der Waals surface area contributed by atoms with E-state index in [9.17, 15) is 9.18 Å². The zero-order chi connectivity index (χ0) is 11.5. The summed E-state index contributed by atoms with van der Waals surface area (Å²) in [5, 5.41) is 4.49. The zero-order valence-electron chi connectivity index (χ0n) is 8.90. The Morgan fingerprint density at radius 3 is 3.06 bits per heavy atom. The molecule has 1 saturated heterocycles. The summed E-state index contributed by atoms with van der Waals surface area (Å²) in [6.07, 6.45) is 1.83. The highest BCUT2D eigenvalue weighted by Gasteiger charge is 2.25. The summed E-state index contributed by atoms with van der Waals surface area (Å²) in [5.74, 6) is -0.206. The Labute approximate surface area is 92.6 Å². The first-order chi connectivity index (χ1) is 7.65. The highest BCUT2D eigenvalue weighted by molar-refractivity contribution is 5.94. The fraction of sp³-hybridized carbons (Fsp3) is 0.400. The number of hydrogen-bond acceptors (Lipinski definition) is 4. The van der Waals surface area contributed by atoms with Crippen LogP contribution in [0.4, 0.5) is 10.2 Å². The van der Waals surface area contributed by atoms with Gasteiger partial charge in [-0.1, -0.05) is 0 Å². The van der Waals surface area contributed by atoms with E-state index in [4.69, 9.17) is 0 Å². The predicted molar refractivity (Wildman–Crippen MR) is 57.0 cm³/mol. The monoisotopic (exact) mass is 224 g/mol. The molecule has 1 aliphatic heterocycles. The third-order valence-electron chi connectivity index (χ3n) is 2.42. The number of pyridine rings is 1. The summed E-state index contributed by atoms with van der Waals surface area (Å²) in [6, 6.07) is 2.46. The normalized spacial score (nSPS) is 21.0. The van der Waals surface area contributed by atoms with E-state index in [1.165, 1.54) is 12.1 Å². The Morgan fingerprint density at radius 1 is 1.69 bits per heavy atom. The molecule has 2 heterocycles. The number of aromatic nitrogens is 1. The van der Waals surface area contributed by atoms with Crippen LogP contribution in [-0.2, 0) is 4.79 Å². The van der Waals surface area contributed by atoms with Gasteiger partial charge in [-0.3, -0.25) is 4.79 Å². The van der Waals surface area contributed by atoms with Gasteiger partial charge in [0.15, 0.2) is 0 Å². The molecule has 2 rings (SSSR count). The van der Waals surface area contributed by atoms with Gasteiger partial charge in [-0.05, 0) is 18.6 Å². The molecule has 16 heavy (non-hydrogen) atoms. The summed E-state index contributed by atoms with van der Waals surface area (Å²) < 4.78 is 12.6. The van der Waals surface area contributed by atoms with Crippen LogP contribution in [0.25, 0.3) is 0 Å². The van der Waals surface area contributed by atoms with Gasteiger partial charge in [-0.25, -0.2) is 19.8 Å². The molecule has 0 aliphatic carbocycles. The highest BCUT2D eigenvalue weighted by Crippen LogP contribution is 2.08. The number of halogens is 1. The van der Waals surface area contributed by atoms with Crippen LogP contribution in [0.5, 0.6) is 0 Å². The van der Waals surface area contributed by atoms with Gasteiger partial charge in [-0.15, -0.1) is 0 Å². The number of carbonyl (C=O) groups excluding carboxylic acids is 1. The van der Waals surface area contributed by atoms with Crippen molar-refractivity contribution in [3.8, 4) is 0 Å². The molecule has 2 N–H and O–H groups in total. The lowest BCUT2D eigenvalue weighted by Gasteiger charge is -2.12. The van der Waals surface area contributed by atoms with E-state index < -0.39 is 5.82 Å². The standard InChI is InChI=1S/C10H13FN4O/c1-15-5-4-8(14-15)10(16)13-9-3-2-7(11)6-12-9/h2-3,6,8,14H,4-5H2,1H3,(H,12,13,16). The van der Waals surface area contributed by atoms with Crippen LogP contribution in [-0.4, -0.2) is 35.5 Å². The van der Waals surface area contributed by atoms with Gasteiger partial charge < -0.3 is 5.32 Å². The number of amides is 1. The lowest BCUT2D eigenvalue weighted by atomic mass is 10.2. The molecular weight excluding hydrogens is 211 g/mol. The van der Waals surface area contributed by atoms with Crippen molar-refractivity contribution < 1.29 is 9.18 Å². The first-order valence-electron chi connectivity index (χ1n) is 5.05. The quantitative estimate of drug-likeness (QED) is 0.762. The highest BCUT2D eigenvalue weighted by atomic mass is 19.1. The van der Waals surface area contributed by atoms with E-state index >= 15 is 0 Å². The van der Waals surface area contributed by atoms with Crippen LogP contribution in [0, 0.1) is 5.82 Å². The molecule has 1 atom stereocenters. The van der Waals surface area contributed by atoms with E-state index in [1.54, 1.807) is 0 Å². The Balaban J connectivity index is 1.94. The van der Waals surface area contributed by atoms with E-state index in [1.807, 2.05) is 12.1 Å². The molecule has 1 amide bonds. The molecule has 0 aromatic carbocycles. The van der Waals surface area contributed by atoms with Gasteiger partial charge >= 0.3 is 0 Å². The van der Waals surface area contributed by atoms with Crippen molar-refractivity contribution in [1.29, 1.82) is 0 Å². The third kappa shape index (κ3) is 2.53. The number of hydrogen-bond donors (Lipinski definition) is 2. The van der Waals surface area contributed by atoms with Crippen molar-refractivity contribution in [3.05, 3.63) is 24.1 Å². The number of hydrazine groups is 1.